The zero-order valence-corrected chi connectivity index (χ0v) is 15.4. The first-order chi connectivity index (χ1) is 9.18. The molecular formula is C17H25ClIN. The maximum absolute atomic E-state index is 5.64. The first-order valence-electron chi connectivity index (χ1n) is 7.15. The molecule has 0 bridgehead atoms. The molecule has 0 aliphatic heterocycles. The predicted octanol–water partition coefficient (Wildman–Crippen LogP) is 1.26. The van der Waals surface area contributed by atoms with E-state index in [-0.39, 0.29) is 12.4 Å². The van der Waals surface area contributed by atoms with Crippen LogP contribution in [0.3, 0.4) is 0 Å². The second kappa shape index (κ2) is 10.5. The average molecular weight is 406 g/mol. The summed E-state index contributed by atoms with van der Waals surface area (Å²) < 4.78 is 1.61. The Morgan fingerprint density at radius 2 is 1.70 bits per heavy atom. The Bertz CT molecular complexity index is 393. The van der Waals surface area contributed by atoms with E-state index >= 15 is 0 Å². The Morgan fingerprint density at radius 3 is 2.15 bits per heavy atom. The number of hydrogen-bond acceptors (Lipinski definition) is 0. The highest BCUT2D eigenvalue weighted by Crippen LogP contribution is 2.25. The molecule has 1 atom stereocenters. The highest BCUT2D eigenvalue weighted by atomic mass is 127. The largest absolute Gasteiger partial charge is 1.00 e. The van der Waals surface area contributed by atoms with Gasteiger partial charge in [0, 0.05) is 6.42 Å². The fourth-order valence-corrected chi connectivity index (χ4v) is 3.99. The molecule has 0 spiro atoms. The molecule has 3 heteroatoms. The minimum Gasteiger partial charge on any atom is -1.00 e. The van der Waals surface area contributed by atoms with Crippen molar-refractivity contribution in [3.05, 3.63) is 35.9 Å². The smallest absolute Gasteiger partial charge is 0.144 e. The topological polar surface area (TPSA) is 0 Å². The van der Waals surface area contributed by atoms with Crippen LogP contribution in [-0.4, -0.2) is 28.2 Å². The van der Waals surface area contributed by atoms with Gasteiger partial charge in [0.25, 0.3) is 0 Å². The summed E-state index contributed by atoms with van der Waals surface area (Å²) in [5.41, 5.74) is 1.41. The van der Waals surface area contributed by atoms with Gasteiger partial charge in [-0.3, -0.25) is 0 Å². The second-order valence-electron chi connectivity index (χ2n) is 5.15. The summed E-state index contributed by atoms with van der Waals surface area (Å²) >= 11 is 2.61. The minimum atomic E-state index is 0. The number of terminal acetylenes is 1. The van der Waals surface area contributed by atoms with Crippen molar-refractivity contribution >= 4 is 22.6 Å². The number of benzene rings is 1. The standard InChI is InChI=1S/C17H25IN.ClH/c1-4-12-19(13-5-2,14-6-3)17(18)15-16-10-8-7-9-11-16;/h1,7-11,17H,5-6,12-15H2,2-3H3;1H/q+1;/p-1. The lowest BCUT2D eigenvalue weighted by atomic mass is 10.1. The normalized spacial score (nSPS) is 12.3. The summed E-state index contributed by atoms with van der Waals surface area (Å²) in [5, 5.41) is 0. The van der Waals surface area contributed by atoms with Crippen LogP contribution in [0.5, 0.6) is 0 Å². The van der Waals surface area contributed by atoms with E-state index in [1.54, 1.807) is 0 Å². The molecule has 0 radical (unpaired) electrons. The van der Waals surface area contributed by atoms with Gasteiger partial charge in [-0.25, -0.2) is 0 Å². The molecule has 0 saturated carbocycles. The van der Waals surface area contributed by atoms with E-state index in [1.807, 2.05) is 0 Å². The molecule has 1 aromatic carbocycles. The fraction of sp³-hybridized carbons (Fsp3) is 0.529. The molecular weight excluding hydrogens is 381 g/mol. The third-order valence-electron chi connectivity index (χ3n) is 3.59. The summed E-state index contributed by atoms with van der Waals surface area (Å²) in [6.07, 6.45) is 9.12. The average Bonchev–Trinajstić information content (AvgIpc) is 2.40. The van der Waals surface area contributed by atoms with Crippen LogP contribution in [0.25, 0.3) is 0 Å². The van der Waals surface area contributed by atoms with Gasteiger partial charge in [0.15, 0.2) is 0 Å². The molecule has 0 N–H and O–H groups in total. The van der Waals surface area contributed by atoms with Crippen molar-refractivity contribution < 1.29 is 16.9 Å². The van der Waals surface area contributed by atoms with E-state index in [1.165, 1.54) is 31.5 Å². The molecule has 1 rings (SSSR count). The Hall–Kier alpha value is -0.240. The third-order valence-corrected chi connectivity index (χ3v) is 5.21. The minimum absolute atomic E-state index is 0. The Labute approximate surface area is 144 Å². The summed E-state index contributed by atoms with van der Waals surface area (Å²) in [7, 11) is 0. The summed E-state index contributed by atoms with van der Waals surface area (Å²) in [4.78, 5) is 0. The van der Waals surface area contributed by atoms with E-state index in [0.717, 1.165) is 17.4 Å². The SMILES string of the molecule is C#CC[N+](CCC)(CCC)C(I)Cc1ccccc1.[Cl-]. The van der Waals surface area contributed by atoms with Gasteiger partial charge in [-0.2, -0.15) is 0 Å². The van der Waals surface area contributed by atoms with Gasteiger partial charge in [0.05, 0.1) is 13.1 Å². The monoisotopic (exact) mass is 405 g/mol. The number of rotatable bonds is 8. The van der Waals surface area contributed by atoms with Crippen LogP contribution in [0.1, 0.15) is 32.3 Å². The molecule has 0 aliphatic rings. The number of quaternary nitrogens is 1. The van der Waals surface area contributed by atoms with E-state index in [0.29, 0.717) is 4.05 Å². The fourth-order valence-electron chi connectivity index (χ4n) is 2.72. The van der Waals surface area contributed by atoms with Gasteiger partial charge in [-0.15, -0.1) is 6.42 Å². The molecule has 0 fully saturated rings. The molecule has 1 aromatic rings. The Balaban J connectivity index is 0.00000361. The molecule has 1 nitrogen and oxygen atoms in total. The summed E-state index contributed by atoms with van der Waals surface area (Å²) in [6, 6.07) is 10.7. The predicted molar refractivity (Wildman–Crippen MR) is 92.2 cm³/mol. The first kappa shape index (κ1) is 19.8. The van der Waals surface area contributed by atoms with Gasteiger partial charge in [-0.05, 0) is 46.9 Å². The van der Waals surface area contributed by atoms with Crippen LogP contribution in [0.15, 0.2) is 30.3 Å². The molecule has 0 aliphatic carbocycles. The van der Waals surface area contributed by atoms with Gasteiger partial charge in [0.1, 0.15) is 10.6 Å². The van der Waals surface area contributed by atoms with Gasteiger partial charge < -0.3 is 16.9 Å². The second-order valence-corrected chi connectivity index (χ2v) is 6.59. The molecule has 0 amide bonds. The molecule has 1 unspecified atom stereocenters. The maximum Gasteiger partial charge on any atom is 0.144 e. The maximum atomic E-state index is 5.64. The van der Waals surface area contributed by atoms with E-state index in [9.17, 15) is 0 Å². The highest BCUT2D eigenvalue weighted by molar-refractivity contribution is 14.1. The molecule has 0 aromatic heterocycles. The Kier molecular flexibility index (Phi) is 10.4. The van der Waals surface area contributed by atoms with Gasteiger partial charge in [0.2, 0.25) is 0 Å². The molecule has 0 saturated heterocycles. The van der Waals surface area contributed by atoms with Crippen molar-refractivity contribution in [2.45, 2.75) is 37.2 Å². The van der Waals surface area contributed by atoms with Crippen molar-refractivity contribution in [2.75, 3.05) is 19.6 Å². The number of nitrogens with zero attached hydrogens (tertiary/aromatic N) is 1. The van der Waals surface area contributed by atoms with Crippen molar-refractivity contribution in [1.82, 2.24) is 0 Å². The van der Waals surface area contributed by atoms with E-state index < -0.39 is 0 Å². The van der Waals surface area contributed by atoms with E-state index in [4.69, 9.17) is 6.42 Å². The molecule has 0 heterocycles. The third kappa shape index (κ3) is 5.63. The number of alkyl halides is 1. The van der Waals surface area contributed by atoms with Crippen molar-refractivity contribution in [1.29, 1.82) is 0 Å². The molecule has 112 valence electrons. The zero-order valence-electron chi connectivity index (χ0n) is 12.5. The number of halogens is 2. The quantitative estimate of drug-likeness (QED) is 0.201. The van der Waals surface area contributed by atoms with Crippen molar-refractivity contribution in [2.24, 2.45) is 0 Å². The Morgan fingerprint density at radius 1 is 1.15 bits per heavy atom. The highest BCUT2D eigenvalue weighted by Gasteiger charge is 2.32. The molecule has 20 heavy (non-hydrogen) atoms. The van der Waals surface area contributed by atoms with Gasteiger partial charge >= 0.3 is 0 Å². The van der Waals surface area contributed by atoms with Crippen LogP contribution in [-0.2, 0) is 6.42 Å². The number of hydrogen-bond donors (Lipinski definition) is 0. The zero-order chi connectivity index (χ0) is 14.1. The van der Waals surface area contributed by atoms with Crippen LogP contribution in [0.2, 0.25) is 0 Å². The van der Waals surface area contributed by atoms with Crippen LogP contribution < -0.4 is 12.4 Å². The van der Waals surface area contributed by atoms with Crippen molar-refractivity contribution in [3.63, 3.8) is 0 Å². The van der Waals surface area contributed by atoms with E-state index in [2.05, 4.69) is 72.7 Å². The lowest BCUT2D eigenvalue weighted by Crippen LogP contribution is -3.00. The summed E-state index contributed by atoms with van der Waals surface area (Å²) in [5.74, 6) is 2.91. The lowest BCUT2D eigenvalue weighted by molar-refractivity contribution is -0.927. The van der Waals surface area contributed by atoms with Gasteiger partial charge in [-0.1, -0.05) is 44.2 Å². The van der Waals surface area contributed by atoms with Crippen molar-refractivity contribution in [3.8, 4) is 12.3 Å². The first-order valence-corrected chi connectivity index (χ1v) is 8.40. The van der Waals surface area contributed by atoms with Crippen LogP contribution in [0.4, 0.5) is 0 Å². The van der Waals surface area contributed by atoms with Crippen LogP contribution >= 0.6 is 22.6 Å². The van der Waals surface area contributed by atoms with Crippen LogP contribution in [0, 0.1) is 12.3 Å². The summed E-state index contributed by atoms with van der Waals surface area (Å²) in [6.45, 7) is 7.72. The lowest BCUT2D eigenvalue weighted by Gasteiger charge is -2.41.